The first-order valence-corrected chi connectivity index (χ1v) is 7.23. The first-order chi connectivity index (χ1) is 9.47. The van der Waals surface area contributed by atoms with Crippen LogP contribution < -0.4 is 10.5 Å². The average molecular weight is 338 g/mol. The summed E-state index contributed by atoms with van der Waals surface area (Å²) in [6.07, 6.45) is 0. The number of rotatable bonds is 4. The van der Waals surface area contributed by atoms with Gasteiger partial charge < -0.3 is 10.5 Å². The normalized spacial score (nSPS) is 10.8. The number of halogens is 2. The third-order valence-electron chi connectivity index (χ3n) is 3.05. The van der Waals surface area contributed by atoms with E-state index < -0.39 is 0 Å². The van der Waals surface area contributed by atoms with Crippen LogP contribution in [0.2, 0.25) is 0 Å². The molecule has 0 spiro atoms. The van der Waals surface area contributed by atoms with E-state index in [1.54, 1.807) is 12.1 Å². The third kappa shape index (κ3) is 3.51. The summed E-state index contributed by atoms with van der Waals surface area (Å²) in [5, 5.41) is 0. The van der Waals surface area contributed by atoms with Crippen LogP contribution in [-0.2, 0) is 6.61 Å². The maximum Gasteiger partial charge on any atom is 0.131 e. The van der Waals surface area contributed by atoms with Crippen LogP contribution in [0.25, 0.3) is 0 Å². The molecule has 0 radical (unpaired) electrons. The summed E-state index contributed by atoms with van der Waals surface area (Å²) >= 11 is 3.45. The van der Waals surface area contributed by atoms with Crippen LogP contribution in [0.15, 0.2) is 40.9 Å². The van der Waals surface area contributed by atoms with Gasteiger partial charge in [-0.1, -0.05) is 35.8 Å². The Labute approximate surface area is 126 Å². The highest BCUT2D eigenvalue weighted by Gasteiger charge is 2.10. The fraction of sp³-hybridized carbons (Fsp3) is 0.250. The van der Waals surface area contributed by atoms with Crippen molar-refractivity contribution in [3.8, 4) is 5.75 Å². The summed E-state index contributed by atoms with van der Waals surface area (Å²) in [5.41, 5.74) is 7.53. The molecule has 0 saturated heterocycles. The van der Waals surface area contributed by atoms with Gasteiger partial charge in [-0.25, -0.2) is 4.39 Å². The molecule has 0 atom stereocenters. The summed E-state index contributed by atoms with van der Waals surface area (Å²) < 4.78 is 20.5. The number of benzene rings is 2. The Morgan fingerprint density at radius 1 is 1.20 bits per heavy atom. The molecule has 2 aromatic carbocycles. The Hall–Kier alpha value is -1.55. The molecule has 2 rings (SSSR count). The SMILES string of the molecule is CC(C)c1cc(Br)ccc1OCc1ccc(N)cc1F. The summed E-state index contributed by atoms with van der Waals surface area (Å²) in [5.74, 6) is 0.770. The highest BCUT2D eigenvalue weighted by molar-refractivity contribution is 9.10. The number of nitrogen functional groups attached to an aromatic ring is 1. The second kappa shape index (κ2) is 6.27. The van der Waals surface area contributed by atoms with E-state index in [4.69, 9.17) is 10.5 Å². The summed E-state index contributed by atoms with van der Waals surface area (Å²) in [4.78, 5) is 0. The second-order valence-corrected chi connectivity index (χ2v) is 5.89. The molecular weight excluding hydrogens is 321 g/mol. The molecule has 0 aliphatic heterocycles. The fourth-order valence-electron chi connectivity index (χ4n) is 1.94. The minimum Gasteiger partial charge on any atom is -0.489 e. The van der Waals surface area contributed by atoms with Gasteiger partial charge >= 0.3 is 0 Å². The summed E-state index contributed by atoms with van der Waals surface area (Å²) in [6.45, 7) is 4.38. The zero-order valence-corrected chi connectivity index (χ0v) is 13.1. The minimum absolute atomic E-state index is 0.188. The van der Waals surface area contributed by atoms with Crippen LogP contribution in [0.3, 0.4) is 0 Å². The van der Waals surface area contributed by atoms with Gasteiger partial charge in [0.2, 0.25) is 0 Å². The quantitative estimate of drug-likeness (QED) is 0.807. The molecule has 2 aromatic rings. The number of nitrogens with two attached hydrogens (primary N) is 1. The van der Waals surface area contributed by atoms with E-state index in [0.29, 0.717) is 17.2 Å². The molecule has 0 amide bonds. The first-order valence-electron chi connectivity index (χ1n) is 6.43. The molecule has 0 saturated carbocycles. The van der Waals surface area contributed by atoms with Crippen LogP contribution in [0, 0.1) is 5.82 Å². The van der Waals surface area contributed by atoms with Gasteiger partial charge in [0.1, 0.15) is 18.2 Å². The molecule has 106 valence electrons. The largest absolute Gasteiger partial charge is 0.489 e. The number of anilines is 1. The molecule has 0 fully saturated rings. The van der Waals surface area contributed by atoms with Crippen LogP contribution >= 0.6 is 15.9 Å². The number of ether oxygens (including phenoxy) is 1. The van der Waals surface area contributed by atoms with E-state index in [0.717, 1.165) is 15.8 Å². The fourth-order valence-corrected chi connectivity index (χ4v) is 2.32. The third-order valence-corrected chi connectivity index (χ3v) is 3.55. The Kier molecular flexibility index (Phi) is 4.65. The molecule has 20 heavy (non-hydrogen) atoms. The van der Waals surface area contributed by atoms with Gasteiger partial charge in [0.25, 0.3) is 0 Å². The van der Waals surface area contributed by atoms with Gasteiger partial charge in [-0.2, -0.15) is 0 Å². The number of hydrogen-bond donors (Lipinski definition) is 1. The van der Waals surface area contributed by atoms with Crippen molar-refractivity contribution in [2.45, 2.75) is 26.4 Å². The van der Waals surface area contributed by atoms with Crippen LogP contribution in [0.4, 0.5) is 10.1 Å². The zero-order valence-electron chi connectivity index (χ0n) is 11.5. The van der Waals surface area contributed by atoms with E-state index >= 15 is 0 Å². The molecule has 0 heterocycles. The van der Waals surface area contributed by atoms with E-state index in [9.17, 15) is 4.39 Å². The highest BCUT2D eigenvalue weighted by atomic mass is 79.9. The van der Waals surface area contributed by atoms with E-state index in [1.165, 1.54) is 6.07 Å². The molecule has 0 aliphatic carbocycles. The molecule has 0 aliphatic rings. The monoisotopic (exact) mass is 337 g/mol. The minimum atomic E-state index is -0.340. The smallest absolute Gasteiger partial charge is 0.131 e. The van der Waals surface area contributed by atoms with Gasteiger partial charge in [0, 0.05) is 15.7 Å². The van der Waals surface area contributed by atoms with Gasteiger partial charge in [0.05, 0.1) is 0 Å². The van der Waals surface area contributed by atoms with E-state index in [1.807, 2.05) is 18.2 Å². The Morgan fingerprint density at radius 3 is 2.60 bits per heavy atom. The lowest BCUT2D eigenvalue weighted by atomic mass is 10.0. The molecule has 0 bridgehead atoms. The maximum atomic E-state index is 13.7. The van der Waals surface area contributed by atoms with Crippen molar-refractivity contribution in [3.63, 3.8) is 0 Å². The van der Waals surface area contributed by atoms with Crippen molar-refractivity contribution in [1.29, 1.82) is 0 Å². The second-order valence-electron chi connectivity index (χ2n) is 4.98. The van der Waals surface area contributed by atoms with E-state index in [2.05, 4.69) is 29.8 Å². The first kappa shape index (κ1) is 14.9. The van der Waals surface area contributed by atoms with Crippen molar-refractivity contribution in [2.75, 3.05) is 5.73 Å². The van der Waals surface area contributed by atoms with Crippen molar-refractivity contribution < 1.29 is 9.13 Å². The van der Waals surface area contributed by atoms with Crippen LogP contribution in [0.1, 0.15) is 30.9 Å². The lowest BCUT2D eigenvalue weighted by molar-refractivity contribution is 0.295. The summed E-state index contributed by atoms with van der Waals surface area (Å²) in [7, 11) is 0. The highest BCUT2D eigenvalue weighted by Crippen LogP contribution is 2.30. The summed E-state index contributed by atoms with van der Waals surface area (Å²) in [6, 6.07) is 10.5. The molecule has 4 heteroatoms. The Bertz CT molecular complexity index is 613. The molecule has 0 unspecified atom stereocenters. The van der Waals surface area contributed by atoms with Gasteiger partial charge in [-0.15, -0.1) is 0 Å². The lowest BCUT2D eigenvalue weighted by Gasteiger charge is -2.15. The van der Waals surface area contributed by atoms with Crippen molar-refractivity contribution in [2.24, 2.45) is 0 Å². The molecule has 0 aromatic heterocycles. The Balaban J connectivity index is 2.18. The molecule has 2 N–H and O–H groups in total. The predicted molar refractivity (Wildman–Crippen MR) is 83.4 cm³/mol. The van der Waals surface area contributed by atoms with Gasteiger partial charge in [0.15, 0.2) is 0 Å². The standard InChI is InChI=1S/C16H17BrFNO/c1-10(2)14-7-12(17)4-6-16(14)20-9-11-3-5-13(19)8-15(11)18/h3-8,10H,9,19H2,1-2H3. The topological polar surface area (TPSA) is 35.2 Å². The van der Waals surface area contributed by atoms with E-state index in [-0.39, 0.29) is 12.4 Å². The number of hydrogen-bond acceptors (Lipinski definition) is 2. The molecular formula is C16H17BrFNO. The van der Waals surface area contributed by atoms with Crippen molar-refractivity contribution in [3.05, 3.63) is 57.8 Å². The van der Waals surface area contributed by atoms with Gasteiger partial charge in [-0.3, -0.25) is 0 Å². The Morgan fingerprint density at radius 2 is 1.95 bits per heavy atom. The van der Waals surface area contributed by atoms with Gasteiger partial charge in [-0.05, 0) is 41.8 Å². The van der Waals surface area contributed by atoms with Crippen molar-refractivity contribution in [1.82, 2.24) is 0 Å². The van der Waals surface area contributed by atoms with Crippen LogP contribution in [0.5, 0.6) is 5.75 Å². The average Bonchev–Trinajstić information content (AvgIpc) is 2.38. The lowest BCUT2D eigenvalue weighted by Crippen LogP contribution is -2.02. The molecule has 2 nitrogen and oxygen atoms in total. The van der Waals surface area contributed by atoms with Crippen molar-refractivity contribution >= 4 is 21.6 Å². The zero-order chi connectivity index (χ0) is 14.7. The van der Waals surface area contributed by atoms with Crippen LogP contribution in [-0.4, -0.2) is 0 Å². The maximum absolute atomic E-state index is 13.7. The predicted octanol–water partition coefficient (Wildman–Crippen LogP) is 4.87.